The third-order valence-corrected chi connectivity index (χ3v) is 5.80. The zero-order valence-electron chi connectivity index (χ0n) is 15.7. The summed E-state index contributed by atoms with van der Waals surface area (Å²) < 4.78 is 4.99. The Kier molecular flexibility index (Phi) is 6.42. The minimum Gasteiger partial charge on any atom is -0.472 e. The van der Waals surface area contributed by atoms with E-state index in [0.717, 1.165) is 0 Å². The molecule has 2 aromatic rings. The zero-order valence-corrected chi connectivity index (χ0v) is 16.5. The Bertz CT molecular complexity index is 788. The molecule has 2 aliphatic heterocycles. The van der Waals surface area contributed by atoms with Crippen LogP contribution in [0.1, 0.15) is 34.7 Å². The van der Waals surface area contributed by atoms with Gasteiger partial charge in [-0.3, -0.25) is 9.59 Å². The fourth-order valence-corrected chi connectivity index (χ4v) is 4.22. The van der Waals surface area contributed by atoms with Gasteiger partial charge in [-0.25, -0.2) is 0 Å². The van der Waals surface area contributed by atoms with Crippen LogP contribution in [0.5, 0.6) is 0 Å². The molecule has 3 heterocycles. The molecule has 0 bridgehead atoms. The van der Waals surface area contributed by atoms with E-state index in [0.29, 0.717) is 44.6 Å². The van der Waals surface area contributed by atoms with Gasteiger partial charge in [-0.1, -0.05) is 30.3 Å². The Morgan fingerprint density at radius 2 is 1.71 bits per heavy atom. The van der Waals surface area contributed by atoms with E-state index in [4.69, 9.17) is 10.2 Å². The summed E-state index contributed by atoms with van der Waals surface area (Å²) in [6, 6.07) is 11.8. The van der Waals surface area contributed by atoms with E-state index < -0.39 is 0 Å². The first-order valence-electron chi connectivity index (χ1n) is 9.54. The molecule has 7 heteroatoms. The summed E-state index contributed by atoms with van der Waals surface area (Å²) >= 11 is 0. The van der Waals surface area contributed by atoms with Crippen LogP contribution in [0.4, 0.5) is 0 Å². The molecule has 2 N–H and O–H groups in total. The first-order chi connectivity index (χ1) is 13.1. The molecule has 0 unspecified atom stereocenters. The molecule has 0 saturated carbocycles. The maximum atomic E-state index is 13.0. The Morgan fingerprint density at radius 3 is 2.36 bits per heavy atom. The van der Waals surface area contributed by atoms with E-state index in [9.17, 15) is 9.59 Å². The fourth-order valence-electron chi connectivity index (χ4n) is 4.22. The van der Waals surface area contributed by atoms with Gasteiger partial charge in [0.15, 0.2) is 0 Å². The third kappa shape index (κ3) is 4.08. The maximum Gasteiger partial charge on any atom is 0.257 e. The molecule has 28 heavy (non-hydrogen) atoms. The van der Waals surface area contributed by atoms with Crippen molar-refractivity contribution < 1.29 is 14.0 Å². The summed E-state index contributed by atoms with van der Waals surface area (Å²) in [6.45, 7) is 2.48. The Hall–Kier alpha value is -2.31. The molecule has 1 aromatic heterocycles. The lowest BCUT2D eigenvalue weighted by Crippen LogP contribution is -2.44. The second kappa shape index (κ2) is 8.80. The highest BCUT2D eigenvalue weighted by Crippen LogP contribution is 2.29. The summed E-state index contributed by atoms with van der Waals surface area (Å²) in [6.07, 6.45) is 4.37. The van der Waals surface area contributed by atoms with Gasteiger partial charge < -0.3 is 20.0 Å². The first kappa shape index (κ1) is 20.4. The molecular weight excluding hydrogens is 378 g/mol. The summed E-state index contributed by atoms with van der Waals surface area (Å²) in [7, 11) is 0. The predicted molar refractivity (Wildman–Crippen MR) is 108 cm³/mol. The van der Waals surface area contributed by atoms with Gasteiger partial charge in [0, 0.05) is 44.1 Å². The molecule has 0 spiro atoms. The zero-order chi connectivity index (χ0) is 18.8. The average molecular weight is 404 g/mol. The van der Waals surface area contributed by atoms with Crippen molar-refractivity contribution >= 4 is 24.2 Å². The van der Waals surface area contributed by atoms with Crippen LogP contribution in [0.25, 0.3) is 0 Å². The molecule has 2 saturated heterocycles. The summed E-state index contributed by atoms with van der Waals surface area (Å²) in [5.41, 5.74) is 8.09. The van der Waals surface area contributed by atoms with Crippen LogP contribution in [-0.2, 0) is 4.79 Å². The van der Waals surface area contributed by atoms with Crippen LogP contribution >= 0.6 is 12.4 Å². The number of nitrogens with zero attached hydrogens (tertiary/aromatic N) is 2. The number of rotatable bonds is 3. The summed E-state index contributed by atoms with van der Waals surface area (Å²) in [4.78, 5) is 29.1. The first-order valence-corrected chi connectivity index (χ1v) is 9.54. The monoisotopic (exact) mass is 403 g/mol. The fraction of sp³-hybridized carbons (Fsp3) is 0.429. The second-order valence-corrected chi connectivity index (χ2v) is 7.50. The minimum absolute atomic E-state index is 0. The SMILES string of the molecule is Cl.N[C@@H]1CN(C(=O)C2CCN(C(=O)c3ccoc3)CC2)C[C@H]1c1ccccc1. The maximum absolute atomic E-state index is 13.0. The van der Waals surface area contributed by atoms with Crippen molar-refractivity contribution in [3.63, 3.8) is 0 Å². The van der Waals surface area contributed by atoms with Gasteiger partial charge in [-0.15, -0.1) is 12.4 Å². The van der Waals surface area contributed by atoms with Crippen LogP contribution in [0, 0.1) is 5.92 Å². The van der Waals surface area contributed by atoms with Gasteiger partial charge in [0.05, 0.1) is 11.8 Å². The number of halogens is 1. The van der Waals surface area contributed by atoms with E-state index >= 15 is 0 Å². The number of likely N-dealkylation sites (tertiary alicyclic amines) is 2. The van der Waals surface area contributed by atoms with E-state index in [-0.39, 0.29) is 42.1 Å². The summed E-state index contributed by atoms with van der Waals surface area (Å²) in [5.74, 6) is 0.319. The number of benzene rings is 1. The van der Waals surface area contributed by atoms with E-state index in [1.165, 1.54) is 18.1 Å². The molecule has 4 rings (SSSR count). The molecule has 2 fully saturated rings. The molecule has 1 aromatic carbocycles. The van der Waals surface area contributed by atoms with Crippen LogP contribution in [-0.4, -0.2) is 53.8 Å². The van der Waals surface area contributed by atoms with Gasteiger partial charge in [-0.05, 0) is 24.5 Å². The molecule has 2 atom stereocenters. The van der Waals surface area contributed by atoms with Gasteiger partial charge in [-0.2, -0.15) is 0 Å². The van der Waals surface area contributed by atoms with Crippen LogP contribution in [0.15, 0.2) is 53.3 Å². The standard InChI is InChI=1S/C21H25N3O3.ClH/c22-19-13-24(12-18(19)15-4-2-1-3-5-15)20(25)16-6-9-23(10-7-16)21(26)17-8-11-27-14-17;/h1-5,8,11,14,16,18-19H,6-7,9-10,12-13,22H2;1H/t18-,19+;/m0./s1. The molecule has 2 aliphatic rings. The number of hydrogen-bond donors (Lipinski definition) is 1. The van der Waals surface area contributed by atoms with E-state index in [1.807, 2.05) is 23.1 Å². The van der Waals surface area contributed by atoms with Crippen molar-refractivity contribution in [3.8, 4) is 0 Å². The van der Waals surface area contributed by atoms with Crippen molar-refractivity contribution in [1.29, 1.82) is 0 Å². The van der Waals surface area contributed by atoms with Gasteiger partial charge >= 0.3 is 0 Å². The highest BCUT2D eigenvalue weighted by Gasteiger charge is 2.37. The number of carbonyl (C=O) groups excluding carboxylic acids is 2. The number of nitrogens with two attached hydrogens (primary N) is 1. The molecule has 0 radical (unpaired) electrons. The molecule has 0 aliphatic carbocycles. The second-order valence-electron chi connectivity index (χ2n) is 7.50. The number of carbonyl (C=O) groups is 2. The summed E-state index contributed by atoms with van der Waals surface area (Å²) in [5, 5.41) is 0. The quantitative estimate of drug-likeness (QED) is 0.853. The number of hydrogen-bond acceptors (Lipinski definition) is 4. The Morgan fingerprint density at radius 1 is 1.00 bits per heavy atom. The Labute approximate surface area is 171 Å². The highest BCUT2D eigenvalue weighted by atomic mass is 35.5. The van der Waals surface area contributed by atoms with Gasteiger partial charge in [0.25, 0.3) is 5.91 Å². The number of piperidine rings is 1. The minimum atomic E-state index is -0.0286. The smallest absolute Gasteiger partial charge is 0.257 e. The highest BCUT2D eigenvalue weighted by molar-refractivity contribution is 5.94. The molecule has 2 amide bonds. The molecular formula is C21H26ClN3O3. The predicted octanol–water partition coefficient (Wildman–Crippen LogP) is 2.51. The number of furan rings is 1. The average Bonchev–Trinajstić information content (AvgIpc) is 3.38. The molecule has 150 valence electrons. The van der Waals surface area contributed by atoms with Gasteiger partial charge in [0.2, 0.25) is 5.91 Å². The van der Waals surface area contributed by atoms with Crippen LogP contribution in [0.2, 0.25) is 0 Å². The normalized spacial score (nSPS) is 22.8. The van der Waals surface area contributed by atoms with Crippen molar-refractivity contribution in [1.82, 2.24) is 9.80 Å². The van der Waals surface area contributed by atoms with Gasteiger partial charge in [0.1, 0.15) is 6.26 Å². The lowest BCUT2D eigenvalue weighted by atomic mass is 9.94. The molecule has 6 nitrogen and oxygen atoms in total. The van der Waals surface area contributed by atoms with Crippen molar-refractivity contribution in [2.75, 3.05) is 26.2 Å². The largest absolute Gasteiger partial charge is 0.472 e. The van der Waals surface area contributed by atoms with Crippen LogP contribution < -0.4 is 5.73 Å². The van der Waals surface area contributed by atoms with Crippen molar-refractivity contribution in [2.45, 2.75) is 24.8 Å². The van der Waals surface area contributed by atoms with Crippen molar-refractivity contribution in [3.05, 3.63) is 60.1 Å². The number of amides is 2. The Balaban J connectivity index is 0.00000225. The topological polar surface area (TPSA) is 79.8 Å². The lowest BCUT2D eigenvalue weighted by Gasteiger charge is -2.33. The lowest BCUT2D eigenvalue weighted by molar-refractivity contribution is -0.135. The van der Waals surface area contributed by atoms with E-state index in [2.05, 4.69) is 12.1 Å². The van der Waals surface area contributed by atoms with Crippen LogP contribution in [0.3, 0.4) is 0 Å². The third-order valence-electron chi connectivity index (χ3n) is 5.80. The van der Waals surface area contributed by atoms with E-state index in [1.54, 1.807) is 11.0 Å². The van der Waals surface area contributed by atoms with Crippen molar-refractivity contribution in [2.24, 2.45) is 11.7 Å².